The monoisotopic (exact) mass is 289 g/mol. The van der Waals surface area contributed by atoms with E-state index in [-0.39, 0.29) is 17.6 Å². The molecule has 2 fully saturated rings. The zero-order valence-electron chi connectivity index (χ0n) is 10.7. The number of methoxy groups -OCH3 is 1. The zero-order chi connectivity index (χ0) is 13.8. The fourth-order valence-electron chi connectivity index (χ4n) is 2.05. The molecule has 2 heterocycles. The van der Waals surface area contributed by atoms with Crippen molar-refractivity contribution in [3.8, 4) is 0 Å². The molecule has 0 aromatic heterocycles. The number of amides is 2. The highest BCUT2D eigenvalue weighted by Crippen LogP contribution is 2.28. The summed E-state index contributed by atoms with van der Waals surface area (Å²) in [5, 5.41) is -0.918. The van der Waals surface area contributed by atoms with Gasteiger partial charge in [0.05, 0.1) is 26.7 Å². The number of morpholine rings is 1. The number of carbonyl (C=O) groups excluding carboxylic acids is 3. The maximum Gasteiger partial charge on any atom is 0.307 e. The van der Waals surface area contributed by atoms with Crippen LogP contribution >= 0.6 is 11.8 Å². The van der Waals surface area contributed by atoms with E-state index in [2.05, 4.69) is 4.74 Å². The molecule has 2 amide bonds. The van der Waals surface area contributed by atoms with Crippen LogP contribution in [0.2, 0.25) is 0 Å². The molecular formula is C11H17N2O5S+. The number of imide groups is 1. The summed E-state index contributed by atoms with van der Waals surface area (Å²) in [6.45, 7) is 3.20. The molecule has 0 aliphatic carbocycles. The molecule has 1 N–H and O–H groups in total. The zero-order valence-corrected chi connectivity index (χ0v) is 11.5. The second-order valence-corrected chi connectivity index (χ2v) is 5.59. The van der Waals surface area contributed by atoms with E-state index in [9.17, 15) is 14.4 Å². The van der Waals surface area contributed by atoms with Crippen LogP contribution in [0.3, 0.4) is 0 Å². The van der Waals surface area contributed by atoms with E-state index < -0.39 is 11.2 Å². The second-order valence-electron chi connectivity index (χ2n) is 4.44. The quantitative estimate of drug-likeness (QED) is 0.634. The molecule has 0 saturated carbocycles. The summed E-state index contributed by atoms with van der Waals surface area (Å²) >= 11 is 0.906. The summed E-state index contributed by atoms with van der Waals surface area (Å²) < 4.78 is 9.76. The average Bonchev–Trinajstić information content (AvgIpc) is 2.67. The highest BCUT2D eigenvalue weighted by atomic mass is 32.2. The molecule has 0 bridgehead atoms. The Morgan fingerprint density at radius 1 is 1.47 bits per heavy atom. The Labute approximate surface area is 115 Å². The van der Waals surface area contributed by atoms with Crippen LogP contribution in [0.4, 0.5) is 4.79 Å². The maximum absolute atomic E-state index is 12.1. The van der Waals surface area contributed by atoms with Crippen molar-refractivity contribution in [2.75, 3.05) is 40.1 Å². The van der Waals surface area contributed by atoms with E-state index in [1.54, 1.807) is 0 Å². The van der Waals surface area contributed by atoms with Gasteiger partial charge in [-0.2, -0.15) is 0 Å². The van der Waals surface area contributed by atoms with Crippen LogP contribution in [0.1, 0.15) is 6.42 Å². The Hall–Kier alpha value is -1.12. The molecule has 2 aliphatic rings. The van der Waals surface area contributed by atoms with Crippen molar-refractivity contribution in [1.82, 2.24) is 4.90 Å². The Bertz CT molecular complexity index is 383. The van der Waals surface area contributed by atoms with Gasteiger partial charge >= 0.3 is 5.97 Å². The highest BCUT2D eigenvalue weighted by Gasteiger charge is 2.42. The van der Waals surface area contributed by atoms with Gasteiger partial charge in [0, 0.05) is 0 Å². The first-order chi connectivity index (χ1) is 9.11. The Balaban J connectivity index is 1.92. The molecule has 0 unspecified atom stereocenters. The van der Waals surface area contributed by atoms with E-state index in [1.807, 2.05) is 0 Å². The van der Waals surface area contributed by atoms with Gasteiger partial charge in [-0.1, -0.05) is 11.8 Å². The van der Waals surface area contributed by atoms with E-state index in [0.717, 1.165) is 29.8 Å². The molecule has 2 saturated heterocycles. The SMILES string of the molecule is COC(=O)C[C@H]1SC(=O)N(C[NH+]2CCOCC2)C1=O. The lowest BCUT2D eigenvalue weighted by Crippen LogP contribution is -3.15. The number of hydrogen-bond donors (Lipinski definition) is 1. The molecule has 2 aliphatic heterocycles. The largest absolute Gasteiger partial charge is 0.469 e. The first kappa shape index (κ1) is 14.3. The van der Waals surface area contributed by atoms with Crippen molar-refractivity contribution in [3.63, 3.8) is 0 Å². The number of ether oxygens (including phenoxy) is 2. The minimum absolute atomic E-state index is 0.0549. The summed E-state index contributed by atoms with van der Waals surface area (Å²) in [7, 11) is 1.27. The summed E-state index contributed by atoms with van der Waals surface area (Å²) in [4.78, 5) is 37.4. The van der Waals surface area contributed by atoms with E-state index in [4.69, 9.17) is 4.74 Å². The third-order valence-corrected chi connectivity index (χ3v) is 4.24. The molecule has 8 heteroatoms. The third-order valence-electron chi connectivity index (χ3n) is 3.17. The second kappa shape index (κ2) is 6.36. The van der Waals surface area contributed by atoms with Crippen LogP contribution in [-0.4, -0.2) is 67.3 Å². The third kappa shape index (κ3) is 3.46. The molecular weight excluding hydrogens is 272 g/mol. The smallest absolute Gasteiger partial charge is 0.307 e. The lowest BCUT2D eigenvalue weighted by Gasteiger charge is -2.26. The Morgan fingerprint density at radius 2 is 2.16 bits per heavy atom. The van der Waals surface area contributed by atoms with Gasteiger partial charge in [-0.25, -0.2) is 4.90 Å². The predicted molar refractivity (Wildman–Crippen MR) is 66.6 cm³/mol. The fraction of sp³-hybridized carbons (Fsp3) is 0.727. The molecule has 106 valence electrons. The molecule has 1 atom stereocenters. The van der Waals surface area contributed by atoms with Crippen molar-refractivity contribution >= 4 is 28.9 Å². The minimum Gasteiger partial charge on any atom is -0.469 e. The average molecular weight is 289 g/mol. The molecule has 0 aromatic carbocycles. The van der Waals surface area contributed by atoms with Gasteiger partial charge in [-0.05, 0) is 0 Å². The van der Waals surface area contributed by atoms with Crippen LogP contribution in [0.15, 0.2) is 0 Å². The van der Waals surface area contributed by atoms with Crippen molar-refractivity contribution < 1.29 is 28.8 Å². The molecule has 0 radical (unpaired) electrons. The van der Waals surface area contributed by atoms with Crippen molar-refractivity contribution in [3.05, 3.63) is 0 Å². The predicted octanol–water partition coefficient (Wildman–Crippen LogP) is -1.51. The van der Waals surface area contributed by atoms with Crippen molar-refractivity contribution in [2.24, 2.45) is 0 Å². The van der Waals surface area contributed by atoms with Crippen LogP contribution in [0, 0.1) is 0 Å². The van der Waals surface area contributed by atoms with Gasteiger partial charge in [0.15, 0.2) is 6.67 Å². The first-order valence-electron chi connectivity index (χ1n) is 6.12. The molecule has 2 rings (SSSR count). The van der Waals surface area contributed by atoms with Crippen LogP contribution < -0.4 is 4.90 Å². The van der Waals surface area contributed by atoms with Gasteiger partial charge in [0.25, 0.3) is 5.24 Å². The van der Waals surface area contributed by atoms with Crippen LogP contribution in [-0.2, 0) is 19.1 Å². The summed E-state index contributed by atoms with van der Waals surface area (Å²) in [5.41, 5.74) is 0. The van der Waals surface area contributed by atoms with Crippen molar-refractivity contribution in [1.29, 1.82) is 0 Å². The fourth-order valence-corrected chi connectivity index (χ4v) is 3.02. The molecule has 0 aromatic rings. The highest BCUT2D eigenvalue weighted by molar-refractivity contribution is 8.15. The van der Waals surface area contributed by atoms with Gasteiger partial charge in [0.2, 0.25) is 5.91 Å². The number of esters is 1. The Morgan fingerprint density at radius 3 is 2.79 bits per heavy atom. The maximum atomic E-state index is 12.1. The number of rotatable bonds is 4. The molecule has 19 heavy (non-hydrogen) atoms. The van der Waals surface area contributed by atoms with Gasteiger partial charge in [-0.15, -0.1) is 0 Å². The lowest BCUT2D eigenvalue weighted by atomic mass is 10.3. The number of carbonyl (C=O) groups is 3. The van der Waals surface area contributed by atoms with Gasteiger partial charge in [-0.3, -0.25) is 14.4 Å². The number of quaternary nitrogens is 1. The van der Waals surface area contributed by atoms with Crippen LogP contribution in [0.5, 0.6) is 0 Å². The molecule has 7 nitrogen and oxygen atoms in total. The summed E-state index contributed by atoms with van der Waals surface area (Å²) in [6, 6.07) is 0. The van der Waals surface area contributed by atoms with E-state index >= 15 is 0 Å². The number of thioether (sulfide) groups is 1. The van der Waals surface area contributed by atoms with E-state index in [1.165, 1.54) is 12.0 Å². The van der Waals surface area contributed by atoms with Gasteiger partial charge in [0.1, 0.15) is 18.3 Å². The summed E-state index contributed by atoms with van der Waals surface area (Å²) in [5.74, 6) is -0.765. The minimum atomic E-state index is -0.639. The Kier molecular flexibility index (Phi) is 4.78. The summed E-state index contributed by atoms with van der Waals surface area (Å²) in [6.07, 6.45) is -0.0549. The molecule has 0 spiro atoms. The number of nitrogens with zero attached hydrogens (tertiary/aromatic N) is 1. The standard InChI is InChI=1S/C11H16N2O5S/c1-17-9(14)6-8-10(15)13(11(16)19-8)7-12-2-4-18-5-3-12/h8H,2-7H2,1H3/p+1/t8-/m1/s1. The van der Waals surface area contributed by atoms with Crippen LogP contribution in [0.25, 0.3) is 0 Å². The van der Waals surface area contributed by atoms with Crippen molar-refractivity contribution in [2.45, 2.75) is 11.7 Å². The number of nitrogens with one attached hydrogen (secondary N) is 1. The number of hydrogen-bond acceptors (Lipinski definition) is 6. The normalized spacial score (nSPS) is 24.9. The van der Waals surface area contributed by atoms with E-state index in [0.29, 0.717) is 19.9 Å². The first-order valence-corrected chi connectivity index (χ1v) is 7.00. The topological polar surface area (TPSA) is 77.3 Å². The lowest BCUT2D eigenvalue weighted by molar-refractivity contribution is -0.915. The van der Waals surface area contributed by atoms with Gasteiger partial charge < -0.3 is 14.4 Å².